The minimum absolute atomic E-state index is 0.0318. The van der Waals surface area contributed by atoms with Crippen LogP contribution in [-0.4, -0.2) is 65.9 Å². The summed E-state index contributed by atoms with van der Waals surface area (Å²) in [7, 11) is -1.61. The molecule has 2 aromatic carbocycles. The first kappa shape index (κ1) is 20.0. The van der Waals surface area contributed by atoms with Gasteiger partial charge in [-0.25, -0.2) is 13.4 Å². The number of aromatic hydroxyl groups is 1. The second-order valence-electron chi connectivity index (χ2n) is 7.21. The molecular weight excluding hydrogens is 414 g/mol. The number of likely N-dealkylation sites (N-methyl/N-ethyl adjacent to an activating group) is 1. The summed E-state index contributed by atoms with van der Waals surface area (Å²) in [4.78, 5) is 9.92. The Balaban J connectivity index is 1.67. The summed E-state index contributed by atoms with van der Waals surface area (Å²) in [5, 5.41) is 13.4. The van der Waals surface area contributed by atoms with Crippen LogP contribution in [0.5, 0.6) is 5.75 Å². The van der Waals surface area contributed by atoms with Gasteiger partial charge in [0.05, 0.1) is 21.6 Å². The standard InChI is InChI=1S/C19H22ClN5O3S/c1-12-9-14-15(11-18(12)29(27,28)25-7-5-24(2)6-8-25)22-19(21-14)23-16-10-13(20)3-4-17(16)26/h3-4,9-11,26H,5-8H2,1-2H3,(H2,21,22,23). The lowest BCUT2D eigenvalue weighted by Crippen LogP contribution is -2.47. The Hall–Kier alpha value is -2.33. The Labute approximate surface area is 174 Å². The first-order valence-electron chi connectivity index (χ1n) is 9.18. The Morgan fingerprint density at radius 3 is 2.62 bits per heavy atom. The molecule has 1 aliphatic heterocycles. The van der Waals surface area contributed by atoms with Gasteiger partial charge < -0.3 is 20.3 Å². The number of fused-ring (bicyclic) bond motifs is 1. The number of aromatic amines is 1. The van der Waals surface area contributed by atoms with Crippen molar-refractivity contribution in [3.05, 3.63) is 40.9 Å². The number of hydrogen-bond acceptors (Lipinski definition) is 6. The number of imidazole rings is 1. The Bertz CT molecular complexity index is 1170. The lowest BCUT2D eigenvalue weighted by molar-refractivity contribution is 0.222. The summed E-state index contributed by atoms with van der Waals surface area (Å²) in [6.45, 7) is 4.13. The highest BCUT2D eigenvalue weighted by Crippen LogP contribution is 2.31. The summed E-state index contributed by atoms with van der Waals surface area (Å²) in [6.07, 6.45) is 0. The van der Waals surface area contributed by atoms with E-state index in [0.29, 0.717) is 59.4 Å². The number of nitrogens with one attached hydrogen (secondary N) is 2. The highest BCUT2D eigenvalue weighted by Gasteiger charge is 2.29. The molecule has 10 heteroatoms. The number of H-pyrrole nitrogens is 1. The quantitative estimate of drug-likeness (QED) is 0.544. The fourth-order valence-electron chi connectivity index (χ4n) is 3.39. The summed E-state index contributed by atoms with van der Waals surface area (Å²) in [6, 6.07) is 8.02. The third kappa shape index (κ3) is 3.91. The lowest BCUT2D eigenvalue weighted by atomic mass is 10.2. The zero-order chi connectivity index (χ0) is 20.8. The summed E-state index contributed by atoms with van der Waals surface area (Å²) in [5.74, 6) is 0.412. The van der Waals surface area contributed by atoms with Crippen LogP contribution in [0.25, 0.3) is 11.0 Å². The topological polar surface area (TPSA) is 102 Å². The largest absolute Gasteiger partial charge is 0.506 e. The van der Waals surface area contributed by atoms with Crippen molar-refractivity contribution in [3.8, 4) is 5.75 Å². The third-order valence-electron chi connectivity index (χ3n) is 5.07. The van der Waals surface area contributed by atoms with Crippen LogP contribution in [0.3, 0.4) is 0 Å². The number of piperazine rings is 1. The lowest BCUT2D eigenvalue weighted by Gasteiger charge is -2.31. The predicted octanol–water partition coefficient (Wildman–Crippen LogP) is 2.91. The summed E-state index contributed by atoms with van der Waals surface area (Å²) in [5.41, 5.74) is 2.27. The summed E-state index contributed by atoms with van der Waals surface area (Å²) < 4.78 is 27.8. The number of sulfonamides is 1. The second kappa shape index (κ2) is 7.49. The molecule has 1 aromatic heterocycles. The van der Waals surface area contributed by atoms with Crippen LogP contribution in [0.1, 0.15) is 5.56 Å². The van der Waals surface area contributed by atoms with Crippen molar-refractivity contribution in [2.45, 2.75) is 11.8 Å². The van der Waals surface area contributed by atoms with E-state index in [1.807, 2.05) is 7.05 Å². The van der Waals surface area contributed by atoms with Crippen LogP contribution in [0.15, 0.2) is 35.2 Å². The molecule has 3 N–H and O–H groups in total. The van der Waals surface area contributed by atoms with Crippen molar-refractivity contribution in [1.29, 1.82) is 0 Å². The Morgan fingerprint density at radius 2 is 1.90 bits per heavy atom. The van der Waals surface area contributed by atoms with Crippen molar-refractivity contribution in [2.24, 2.45) is 0 Å². The molecule has 2 heterocycles. The number of rotatable bonds is 4. The van der Waals surface area contributed by atoms with E-state index in [-0.39, 0.29) is 10.6 Å². The molecule has 0 amide bonds. The fraction of sp³-hybridized carbons (Fsp3) is 0.316. The molecule has 0 saturated carbocycles. The van der Waals surface area contributed by atoms with Crippen molar-refractivity contribution in [1.82, 2.24) is 19.2 Å². The molecule has 0 radical (unpaired) electrons. The first-order valence-corrected chi connectivity index (χ1v) is 11.0. The van der Waals surface area contributed by atoms with Crippen molar-refractivity contribution in [3.63, 3.8) is 0 Å². The van der Waals surface area contributed by atoms with Crippen LogP contribution in [0.2, 0.25) is 5.02 Å². The molecule has 154 valence electrons. The van der Waals surface area contributed by atoms with E-state index >= 15 is 0 Å². The molecule has 0 aliphatic carbocycles. The maximum atomic E-state index is 13.1. The van der Waals surface area contributed by atoms with E-state index in [4.69, 9.17) is 11.6 Å². The molecule has 1 fully saturated rings. The average Bonchev–Trinajstić information content (AvgIpc) is 3.05. The van der Waals surface area contributed by atoms with Gasteiger partial charge in [-0.1, -0.05) is 11.6 Å². The van der Waals surface area contributed by atoms with Gasteiger partial charge in [-0.3, -0.25) is 0 Å². The SMILES string of the molecule is Cc1cc2[nH]c(Nc3cc(Cl)ccc3O)nc2cc1S(=O)(=O)N1CCN(C)CC1. The molecule has 0 unspecified atom stereocenters. The molecular formula is C19H22ClN5O3S. The number of phenols is 1. The van der Waals surface area contributed by atoms with Crippen LogP contribution in [0, 0.1) is 6.92 Å². The van der Waals surface area contributed by atoms with Gasteiger partial charge >= 0.3 is 0 Å². The van der Waals surface area contributed by atoms with Gasteiger partial charge in [0.25, 0.3) is 0 Å². The highest BCUT2D eigenvalue weighted by atomic mass is 35.5. The number of benzene rings is 2. The van der Waals surface area contributed by atoms with Gasteiger partial charge in [-0.15, -0.1) is 0 Å². The molecule has 0 spiro atoms. The number of aryl methyl sites for hydroxylation is 1. The van der Waals surface area contributed by atoms with Crippen LogP contribution < -0.4 is 5.32 Å². The summed E-state index contributed by atoms with van der Waals surface area (Å²) >= 11 is 5.98. The smallest absolute Gasteiger partial charge is 0.243 e. The molecule has 8 nitrogen and oxygen atoms in total. The molecule has 1 aliphatic rings. The fourth-order valence-corrected chi connectivity index (χ4v) is 5.21. The minimum Gasteiger partial charge on any atom is -0.506 e. The van der Waals surface area contributed by atoms with Gasteiger partial charge in [0.2, 0.25) is 16.0 Å². The average molecular weight is 436 g/mol. The zero-order valence-corrected chi connectivity index (χ0v) is 17.7. The molecule has 0 atom stereocenters. The maximum absolute atomic E-state index is 13.1. The van der Waals surface area contributed by atoms with Gasteiger partial charge in [-0.05, 0) is 49.9 Å². The highest BCUT2D eigenvalue weighted by molar-refractivity contribution is 7.89. The maximum Gasteiger partial charge on any atom is 0.243 e. The monoisotopic (exact) mass is 435 g/mol. The van der Waals surface area contributed by atoms with Gasteiger partial charge in [0, 0.05) is 31.2 Å². The number of nitrogens with zero attached hydrogens (tertiary/aromatic N) is 3. The van der Waals surface area contributed by atoms with E-state index in [0.717, 1.165) is 0 Å². The Kier molecular flexibility index (Phi) is 5.16. The molecule has 3 aromatic rings. The number of anilines is 2. The van der Waals surface area contributed by atoms with Gasteiger partial charge in [0.15, 0.2) is 0 Å². The van der Waals surface area contributed by atoms with Crippen molar-refractivity contribution >= 4 is 44.3 Å². The number of halogens is 1. The van der Waals surface area contributed by atoms with Crippen molar-refractivity contribution < 1.29 is 13.5 Å². The van der Waals surface area contributed by atoms with Crippen LogP contribution in [0.4, 0.5) is 11.6 Å². The van der Waals surface area contributed by atoms with Gasteiger partial charge in [0.1, 0.15) is 5.75 Å². The number of hydrogen-bond donors (Lipinski definition) is 3. The van der Waals surface area contributed by atoms with Crippen molar-refractivity contribution in [2.75, 3.05) is 38.5 Å². The number of aromatic nitrogens is 2. The zero-order valence-electron chi connectivity index (χ0n) is 16.1. The first-order chi connectivity index (χ1) is 13.7. The van der Waals surface area contributed by atoms with Gasteiger partial charge in [-0.2, -0.15) is 4.31 Å². The van der Waals surface area contributed by atoms with Crippen LogP contribution >= 0.6 is 11.6 Å². The van der Waals surface area contributed by atoms with E-state index in [2.05, 4.69) is 20.2 Å². The predicted molar refractivity (Wildman–Crippen MR) is 113 cm³/mol. The molecule has 1 saturated heterocycles. The normalized spacial score (nSPS) is 16.4. The van der Waals surface area contributed by atoms with E-state index in [1.54, 1.807) is 31.2 Å². The molecule has 0 bridgehead atoms. The molecule has 29 heavy (non-hydrogen) atoms. The number of phenolic OH excluding ortho intramolecular Hbond substituents is 1. The second-order valence-corrected chi connectivity index (χ2v) is 9.56. The molecule has 4 rings (SSSR count). The minimum atomic E-state index is -3.59. The van der Waals surface area contributed by atoms with E-state index < -0.39 is 10.0 Å². The third-order valence-corrected chi connectivity index (χ3v) is 7.35. The van der Waals surface area contributed by atoms with Crippen LogP contribution in [-0.2, 0) is 10.0 Å². The Morgan fingerprint density at radius 1 is 1.17 bits per heavy atom. The van der Waals surface area contributed by atoms with E-state index in [9.17, 15) is 13.5 Å². The van der Waals surface area contributed by atoms with E-state index in [1.165, 1.54) is 10.4 Å².